The molecule has 2 N–H and O–H groups in total. The molecule has 6 nitrogen and oxygen atoms in total. The standard InChI is InChI=1S/C15H14F2N4O2/c1-9-5-13(21-20-9)14(22)19-15(2,7-18)8-23-10-3-4-11(16)12(17)6-10/h3-6H,8H2,1-2H3,(H,19,22)(H,20,21). The second-order valence-electron chi connectivity index (χ2n) is 5.20. The number of carbonyl (C=O) groups is 1. The highest BCUT2D eigenvalue weighted by atomic mass is 19.2. The van der Waals surface area contributed by atoms with E-state index < -0.39 is 23.1 Å². The highest BCUT2D eigenvalue weighted by Gasteiger charge is 2.28. The summed E-state index contributed by atoms with van der Waals surface area (Å²) in [5.74, 6) is -2.55. The molecule has 0 bridgehead atoms. The number of nitriles is 1. The van der Waals surface area contributed by atoms with Crippen LogP contribution in [-0.4, -0.2) is 28.3 Å². The topological polar surface area (TPSA) is 90.8 Å². The lowest BCUT2D eigenvalue weighted by atomic mass is 10.1. The van der Waals surface area contributed by atoms with Crippen molar-refractivity contribution >= 4 is 5.91 Å². The van der Waals surface area contributed by atoms with E-state index in [1.54, 1.807) is 6.92 Å². The van der Waals surface area contributed by atoms with E-state index in [0.29, 0.717) is 5.69 Å². The van der Waals surface area contributed by atoms with E-state index in [1.165, 1.54) is 19.1 Å². The summed E-state index contributed by atoms with van der Waals surface area (Å²) in [6, 6.07) is 6.46. The van der Waals surface area contributed by atoms with E-state index in [1.807, 2.05) is 6.07 Å². The van der Waals surface area contributed by atoms with E-state index >= 15 is 0 Å². The Bertz CT molecular complexity index is 769. The molecule has 120 valence electrons. The van der Waals surface area contributed by atoms with Gasteiger partial charge in [-0.1, -0.05) is 0 Å². The van der Waals surface area contributed by atoms with Crippen LogP contribution < -0.4 is 10.1 Å². The summed E-state index contributed by atoms with van der Waals surface area (Å²) in [5.41, 5.74) is -0.530. The smallest absolute Gasteiger partial charge is 0.273 e. The van der Waals surface area contributed by atoms with Crippen molar-refractivity contribution in [2.75, 3.05) is 6.61 Å². The van der Waals surface area contributed by atoms with Crippen LogP contribution in [0.15, 0.2) is 24.3 Å². The number of aromatic nitrogens is 2. The number of hydrogen-bond acceptors (Lipinski definition) is 4. The van der Waals surface area contributed by atoms with Gasteiger partial charge in [-0.3, -0.25) is 9.89 Å². The first-order valence-corrected chi connectivity index (χ1v) is 6.66. The number of ether oxygens (including phenoxy) is 1. The third kappa shape index (κ3) is 4.03. The fourth-order valence-corrected chi connectivity index (χ4v) is 1.74. The van der Waals surface area contributed by atoms with Gasteiger partial charge in [0.15, 0.2) is 17.2 Å². The van der Waals surface area contributed by atoms with Crippen LogP contribution in [0.3, 0.4) is 0 Å². The number of nitrogens with zero attached hydrogens (tertiary/aromatic N) is 2. The zero-order valence-electron chi connectivity index (χ0n) is 12.5. The van der Waals surface area contributed by atoms with E-state index in [2.05, 4.69) is 15.5 Å². The van der Waals surface area contributed by atoms with Gasteiger partial charge in [0, 0.05) is 11.8 Å². The van der Waals surface area contributed by atoms with Crippen LogP contribution in [0.2, 0.25) is 0 Å². The molecule has 0 fully saturated rings. The highest BCUT2D eigenvalue weighted by Crippen LogP contribution is 2.17. The van der Waals surface area contributed by atoms with Gasteiger partial charge < -0.3 is 10.1 Å². The lowest BCUT2D eigenvalue weighted by Crippen LogP contribution is -2.49. The van der Waals surface area contributed by atoms with Gasteiger partial charge >= 0.3 is 0 Å². The molecule has 2 aromatic rings. The van der Waals surface area contributed by atoms with Gasteiger partial charge in [0.2, 0.25) is 0 Å². The van der Waals surface area contributed by atoms with Crippen LogP contribution in [0, 0.1) is 29.9 Å². The molecule has 2 rings (SSSR count). The number of rotatable bonds is 5. The van der Waals surface area contributed by atoms with Gasteiger partial charge in [0.1, 0.15) is 18.1 Å². The van der Waals surface area contributed by atoms with Gasteiger partial charge in [-0.25, -0.2) is 8.78 Å². The van der Waals surface area contributed by atoms with Gasteiger partial charge in [-0.2, -0.15) is 10.4 Å². The zero-order valence-corrected chi connectivity index (χ0v) is 12.5. The maximum Gasteiger partial charge on any atom is 0.273 e. The number of halogens is 2. The first kappa shape index (κ1) is 16.4. The lowest BCUT2D eigenvalue weighted by Gasteiger charge is -2.23. The first-order chi connectivity index (χ1) is 10.8. The van der Waals surface area contributed by atoms with Gasteiger partial charge in [0.05, 0.1) is 6.07 Å². The second-order valence-corrected chi connectivity index (χ2v) is 5.20. The van der Waals surface area contributed by atoms with Crippen molar-refractivity contribution in [3.63, 3.8) is 0 Å². The highest BCUT2D eigenvalue weighted by molar-refractivity contribution is 5.93. The summed E-state index contributed by atoms with van der Waals surface area (Å²) >= 11 is 0. The Kier molecular flexibility index (Phi) is 4.60. The molecule has 0 aliphatic heterocycles. The molecule has 0 radical (unpaired) electrons. The predicted molar refractivity (Wildman–Crippen MR) is 76.7 cm³/mol. The number of carbonyl (C=O) groups excluding carboxylic acids is 1. The minimum absolute atomic E-state index is 0.0511. The van der Waals surface area contributed by atoms with Crippen LogP contribution in [0.25, 0.3) is 0 Å². The largest absolute Gasteiger partial charge is 0.490 e. The molecule has 0 aliphatic rings. The van der Waals surface area contributed by atoms with Crippen molar-refractivity contribution in [3.8, 4) is 11.8 Å². The Labute approximate surface area is 131 Å². The maximum absolute atomic E-state index is 13.1. The summed E-state index contributed by atoms with van der Waals surface area (Å²) in [4.78, 5) is 12.0. The van der Waals surface area contributed by atoms with E-state index in [0.717, 1.165) is 12.1 Å². The average Bonchev–Trinajstić information content (AvgIpc) is 2.95. The summed E-state index contributed by atoms with van der Waals surface area (Å²) in [6.45, 7) is 2.94. The molecular formula is C15H14F2N4O2. The Balaban J connectivity index is 2.04. The van der Waals surface area contributed by atoms with E-state index in [4.69, 9.17) is 4.74 Å². The van der Waals surface area contributed by atoms with Crippen LogP contribution in [0.1, 0.15) is 23.1 Å². The molecule has 1 heterocycles. The maximum atomic E-state index is 13.1. The van der Waals surface area contributed by atoms with Crippen LogP contribution in [0.5, 0.6) is 5.75 Å². The van der Waals surface area contributed by atoms with Crippen LogP contribution in [-0.2, 0) is 0 Å². The molecule has 0 saturated heterocycles. The van der Waals surface area contributed by atoms with Crippen molar-refractivity contribution in [3.05, 3.63) is 47.3 Å². The molecule has 1 amide bonds. The average molecular weight is 320 g/mol. The Morgan fingerprint density at radius 1 is 1.43 bits per heavy atom. The minimum Gasteiger partial charge on any atom is -0.490 e. The van der Waals surface area contributed by atoms with Crippen molar-refractivity contribution in [1.29, 1.82) is 5.26 Å². The molecule has 1 aromatic carbocycles. The fourth-order valence-electron chi connectivity index (χ4n) is 1.74. The van der Waals surface area contributed by atoms with Gasteiger partial charge in [-0.05, 0) is 32.0 Å². The normalized spacial score (nSPS) is 13.0. The third-order valence-corrected chi connectivity index (χ3v) is 2.99. The Hall–Kier alpha value is -2.95. The number of nitrogens with one attached hydrogen (secondary N) is 2. The minimum atomic E-state index is -1.37. The zero-order chi connectivity index (χ0) is 17.0. The number of H-pyrrole nitrogens is 1. The number of aryl methyl sites for hydroxylation is 1. The molecule has 0 saturated carbocycles. The van der Waals surface area contributed by atoms with Gasteiger partial charge in [-0.15, -0.1) is 0 Å². The fraction of sp³-hybridized carbons (Fsp3) is 0.267. The molecule has 0 aliphatic carbocycles. The second kappa shape index (κ2) is 6.44. The van der Waals surface area contributed by atoms with Gasteiger partial charge in [0.25, 0.3) is 5.91 Å². The molecule has 1 unspecified atom stereocenters. The summed E-state index contributed by atoms with van der Waals surface area (Å²) in [5, 5.41) is 18.2. The summed E-state index contributed by atoms with van der Waals surface area (Å²) < 4.78 is 31.2. The molecule has 1 aromatic heterocycles. The monoisotopic (exact) mass is 320 g/mol. The molecule has 0 spiro atoms. The van der Waals surface area contributed by atoms with Crippen molar-refractivity contribution in [2.24, 2.45) is 0 Å². The quantitative estimate of drug-likeness (QED) is 0.882. The Morgan fingerprint density at radius 3 is 2.74 bits per heavy atom. The summed E-state index contributed by atoms with van der Waals surface area (Å²) in [7, 11) is 0. The van der Waals surface area contributed by atoms with E-state index in [-0.39, 0.29) is 18.1 Å². The van der Waals surface area contributed by atoms with Crippen molar-refractivity contribution in [2.45, 2.75) is 19.4 Å². The molecular weight excluding hydrogens is 306 g/mol. The molecule has 1 atom stereocenters. The lowest BCUT2D eigenvalue weighted by molar-refractivity contribution is 0.0896. The van der Waals surface area contributed by atoms with Crippen LogP contribution in [0.4, 0.5) is 8.78 Å². The number of amides is 1. The van der Waals surface area contributed by atoms with Crippen LogP contribution >= 0.6 is 0 Å². The third-order valence-electron chi connectivity index (χ3n) is 2.99. The SMILES string of the molecule is Cc1cc(C(=O)NC(C)(C#N)COc2ccc(F)c(F)c2)n[nH]1. The molecule has 8 heteroatoms. The molecule has 23 heavy (non-hydrogen) atoms. The van der Waals surface area contributed by atoms with E-state index in [9.17, 15) is 18.8 Å². The number of hydrogen-bond donors (Lipinski definition) is 2. The first-order valence-electron chi connectivity index (χ1n) is 6.66. The van der Waals surface area contributed by atoms with Crippen molar-refractivity contribution < 1.29 is 18.3 Å². The van der Waals surface area contributed by atoms with Crippen molar-refractivity contribution in [1.82, 2.24) is 15.5 Å². The summed E-state index contributed by atoms with van der Waals surface area (Å²) in [6.07, 6.45) is 0. The number of aromatic amines is 1. The Morgan fingerprint density at radius 2 is 2.17 bits per heavy atom. The predicted octanol–water partition coefficient (Wildman–Crippen LogP) is 2.09. The number of benzene rings is 1.